The Kier molecular flexibility index (Phi) is 6.92. The van der Waals surface area contributed by atoms with Crippen molar-refractivity contribution >= 4 is 11.8 Å². The Bertz CT molecular complexity index is 1200. The molecule has 3 saturated heterocycles. The normalized spacial score (nSPS) is 23.0. The average molecular weight is 492 g/mol. The number of ether oxygens (including phenoxy) is 1. The van der Waals surface area contributed by atoms with E-state index in [1.807, 2.05) is 6.07 Å². The molecule has 4 heterocycles. The first kappa shape index (κ1) is 24.3. The van der Waals surface area contributed by atoms with E-state index in [1.54, 1.807) is 42.6 Å². The van der Waals surface area contributed by atoms with E-state index < -0.39 is 23.7 Å². The number of carbonyl (C=O) groups is 2. The van der Waals surface area contributed by atoms with Crippen molar-refractivity contribution in [2.75, 3.05) is 26.2 Å². The highest BCUT2D eigenvalue weighted by Crippen LogP contribution is 2.40. The molecule has 2 aromatic carbocycles. The summed E-state index contributed by atoms with van der Waals surface area (Å²) in [7, 11) is 0. The number of rotatable bonds is 8. The minimum atomic E-state index is -0.904. The second kappa shape index (κ2) is 10.3. The second-order valence-electron chi connectivity index (χ2n) is 10.0. The van der Waals surface area contributed by atoms with Gasteiger partial charge in [-0.25, -0.2) is 8.78 Å². The molecule has 3 aliphatic heterocycles. The molecule has 0 unspecified atom stereocenters. The third-order valence-electron chi connectivity index (χ3n) is 7.65. The topological polar surface area (TPSA) is 56.3 Å². The van der Waals surface area contributed by atoms with Crippen molar-refractivity contribution < 1.29 is 27.6 Å². The predicted molar refractivity (Wildman–Crippen MR) is 130 cm³/mol. The van der Waals surface area contributed by atoms with Crippen molar-refractivity contribution in [2.45, 2.75) is 25.4 Å². The van der Waals surface area contributed by atoms with Crippen LogP contribution in [0, 0.1) is 23.5 Å². The van der Waals surface area contributed by atoms with Gasteiger partial charge in [-0.1, -0.05) is 30.3 Å². The van der Waals surface area contributed by atoms with Crippen molar-refractivity contribution in [3.8, 4) is 0 Å². The number of halogens is 2. The van der Waals surface area contributed by atoms with Crippen molar-refractivity contribution in [2.24, 2.45) is 11.8 Å². The molecule has 3 aliphatic rings. The van der Waals surface area contributed by atoms with Crippen LogP contribution in [0.15, 0.2) is 72.9 Å². The number of nitrogens with zero attached hydrogens (tertiary/aromatic N) is 2. The zero-order chi connectivity index (χ0) is 25.1. The Morgan fingerprint density at radius 1 is 0.944 bits per heavy atom. The summed E-state index contributed by atoms with van der Waals surface area (Å²) in [5.74, 6) is -0.782. The first-order chi connectivity index (χ1) is 17.4. The Hall–Kier alpha value is -3.45. The van der Waals surface area contributed by atoms with E-state index in [4.69, 9.17) is 4.74 Å². The average Bonchev–Trinajstić information content (AvgIpc) is 2.88. The Morgan fingerprint density at radius 2 is 1.61 bits per heavy atom. The van der Waals surface area contributed by atoms with E-state index in [1.165, 1.54) is 24.3 Å². The molecule has 0 saturated carbocycles. The Morgan fingerprint density at radius 3 is 2.19 bits per heavy atom. The highest BCUT2D eigenvalue weighted by atomic mass is 19.1. The number of pyridine rings is 1. The van der Waals surface area contributed by atoms with E-state index in [0.717, 1.165) is 32.5 Å². The summed E-state index contributed by atoms with van der Waals surface area (Å²) in [5, 5.41) is 0. The molecule has 1 atom stereocenters. The van der Waals surface area contributed by atoms with Crippen LogP contribution in [-0.4, -0.2) is 47.4 Å². The number of Topliss-reactive ketones (excluding diaryl/α,β-unsaturated/α-hetero) is 1. The van der Waals surface area contributed by atoms with Crippen LogP contribution in [0.3, 0.4) is 0 Å². The third-order valence-corrected chi connectivity index (χ3v) is 7.65. The summed E-state index contributed by atoms with van der Waals surface area (Å²) in [6.45, 7) is 2.96. The van der Waals surface area contributed by atoms with Crippen LogP contribution in [-0.2, 0) is 9.53 Å². The second-order valence-corrected chi connectivity index (χ2v) is 10.0. The largest absolute Gasteiger partial charge is 0.453 e. The van der Waals surface area contributed by atoms with Gasteiger partial charge in [-0.05, 0) is 53.4 Å². The Balaban J connectivity index is 1.30. The van der Waals surface area contributed by atoms with Crippen LogP contribution in [0.5, 0.6) is 0 Å². The van der Waals surface area contributed by atoms with Crippen molar-refractivity contribution in [3.05, 3.63) is 101 Å². The van der Waals surface area contributed by atoms with E-state index in [-0.39, 0.29) is 18.1 Å². The highest BCUT2D eigenvalue weighted by Gasteiger charge is 2.47. The quantitative estimate of drug-likeness (QED) is 0.249. The van der Waals surface area contributed by atoms with E-state index >= 15 is 0 Å². The van der Waals surface area contributed by atoms with Gasteiger partial charge < -0.3 is 9.22 Å². The van der Waals surface area contributed by atoms with Gasteiger partial charge in [0.05, 0.1) is 26.1 Å². The number of hydrogen-bond acceptors (Lipinski definition) is 4. The predicted octanol–water partition coefficient (Wildman–Crippen LogP) is 5.12. The lowest BCUT2D eigenvalue weighted by Gasteiger charge is -2.52. The maximum Gasteiger partial charge on any atom is 0.307 e. The highest BCUT2D eigenvalue weighted by molar-refractivity contribution is 5.95. The molecule has 5 nitrogen and oxygen atoms in total. The maximum absolute atomic E-state index is 14.0. The number of fused-ring (bicyclic) bond motifs is 3. The van der Waals surface area contributed by atoms with Gasteiger partial charge in [-0.3, -0.25) is 14.6 Å². The van der Waals surface area contributed by atoms with Gasteiger partial charge in [-0.15, -0.1) is 0 Å². The van der Waals surface area contributed by atoms with Crippen LogP contribution in [0.4, 0.5) is 8.78 Å². The minimum absolute atomic E-state index is 0.0227. The van der Waals surface area contributed by atoms with Gasteiger partial charge in [-0.2, -0.15) is 0 Å². The van der Waals surface area contributed by atoms with Crippen LogP contribution >= 0.6 is 0 Å². The molecule has 2 bridgehead atoms. The van der Waals surface area contributed by atoms with Crippen LogP contribution in [0.2, 0.25) is 0 Å². The molecule has 7 heteroatoms. The van der Waals surface area contributed by atoms with Gasteiger partial charge in [0.15, 0.2) is 6.10 Å². The SMILES string of the molecule is O=C(C[C@H]1C[N+]2(CC(=O)c3ccccn3)CCC1CC2)OC(c1cccc(F)c1)c1cccc(F)c1. The maximum atomic E-state index is 14.0. The van der Waals surface area contributed by atoms with Gasteiger partial charge >= 0.3 is 5.97 Å². The van der Waals surface area contributed by atoms with Gasteiger partial charge in [0.1, 0.15) is 23.9 Å². The molecule has 36 heavy (non-hydrogen) atoms. The van der Waals surface area contributed by atoms with Crippen LogP contribution in [0.25, 0.3) is 0 Å². The number of benzene rings is 2. The van der Waals surface area contributed by atoms with Crippen molar-refractivity contribution in [1.29, 1.82) is 0 Å². The Labute approximate surface area is 209 Å². The lowest BCUT2D eigenvalue weighted by Crippen LogP contribution is -2.63. The van der Waals surface area contributed by atoms with Crippen LogP contribution < -0.4 is 0 Å². The van der Waals surface area contributed by atoms with Crippen LogP contribution in [0.1, 0.15) is 47.0 Å². The van der Waals surface area contributed by atoms with E-state index in [2.05, 4.69) is 4.98 Å². The molecule has 186 valence electrons. The summed E-state index contributed by atoms with van der Waals surface area (Å²) in [6, 6.07) is 17.0. The zero-order valence-electron chi connectivity index (χ0n) is 20.0. The van der Waals surface area contributed by atoms with Gasteiger partial charge in [0, 0.05) is 25.0 Å². The van der Waals surface area contributed by atoms with Crippen molar-refractivity contribution in [3.63, 3.8) is 0 Å². The summed E-state index contributed by atoms with van der Waals surface area (Å²) >= 11 is 0. The first-order valence-electron chi connectivity index (χ1n) is 12.4. The molecule has 1 aromatic heterocycles. The summed E-state index contributed by atoms with van der Waals surface area (Å²) in [6.07, 6.45) is 2.86. The molecule has 3 aromatic rings. The molecule has 0 spiro atoms. The number of hydrogen-bond donors (Lipinski definition) is 0. The standard InChI is InChI=1S/C29H29F2N2O3/c30-24-7-3-5-21(15-24)29(22-6-4-8-25(31)16-22)36-28(35)17-23-18-33(13-10-20(23)11-14-33)19-27(34)26-9-1-2-12-32-26/h1-9,12,15-16,20,23,29H,10-11,13-14,17-19H2/q+1/t20?,23-,33?/m0/s1. The fraction of sp³-hybridized carbons (Fsp3) is 0.345. The molecule has 3 fully saturated rings. The molecule has 0 radical (unpaired) electrons. The number of piperidine rings is 3. The third kappa shape index (κ3) is 5.36. The van der Waals surface area contributed by atoms with E-state index in [9.17, 15) is 18.4 Å². The smallest absolute Gasteiger partial charge is 0.307 e. The fourth-order valence-electron chi connectivity index (χ4n) is 5.86. The number of esters is 1. The monoisotopic (exact) mass is 491 g/mol. The molecule has 0 aliphatic carbocycles. The number of ketones is 1. The molecule has 0 amide bonds. The van der Waals surface area contributed by atoms with E-state index in [0.29, 0.717) is 33.8 Å². The molecular weight excluding hydrogens is 462 g/mol. The molecular formula is C29H29F2N2O3+. The summed E-state index contributed by atoms with van der Waals surface area (Å²) < 4.78 is 34.4. The van der Waals surface area contributed by atoms with Gasteiger partial charge in [0.25, 0.3) is 0 Å². The van der Waals surface area contributed by atoms with Crippen molar-refractivity contribution in [1.82, 2.24) is 4.98 Å². The zero-order valence-corrected chi connectivity index (χ0v) is 20.0. The number of aromatic nitrogens is 1. The molecule has 0 N–H and O–H groups in total. The molecule has 6 rings (SSSR count). The number of quaternary nitrogens is 1. The first-order valence-corrected chi connectivity index (χ1v) is 12.4. The lowest BCUT2D eigenvalue weighted by atomic mass is 9.75. The van der Waals surface area contributed by atoms with Gasteiger partial charge in [0.2, 0.25) is 5.78 Å². The summed E-state index contributed by atoms with van der Waals surface area (Å²) in [4.78, 5) is 30.3. The minimum Gasteiger partial charge on any atom is -0.453 e. The lowest BCUT2D eigenvalue weighted by molar-refractivity contribution is -0.939. The summed E-state index contributed by atoms with van der Waals surface area (Å²) in [5.41, 5.74) is 1.38. The fourth-order valence-corrected chi connectivity index (χ4v) is 5.86. The number of carbonyl (C=O) groups excluding carboxylic acids is 2.